The minimum Gasteiger partial charge on any atom is -0.457 e. The van der Waals surface area contributed by atoms with Crippen molar-refractivity contribution in [1.29, 1.82) is 0 Å². The third-order valence-corrected chi connectivity index (χ3v) is 10.1. The fraction of sp³-hybridized carbons (Fsp3) is 0.583. The van der Waals surface area contributed by atoms with Crippen molar-refractivity contribution in [2.24, 2.45) is 17.3 Å². The number of cyclic esters (lactones) is 1. The van der Waals surface area contributed by atoms with E-state index in [0.717, 1.165) is 0 Å². The minimum atomic E-state index is -1.87. The van der Waals surface area contributed by atoms with Gasteiger partial charge >= 0.3 is 5.97 Å². The topological polar surface area (TPSA) is 189 Å². The van der Waals surface area contributed by atoms with Gasteiger partial charge in [-0.1, -0.05) is 68.5 Å². The van der Waals surface area contributed by atoms with Gasteiger partial charge in [-0.2, -0.15) is 0 Å². The van der Waals surface area contributed by atoms with Gasteiger partial charge in [0.05, 0.1) is 35.3 Å². The Morgan fingerprint density at radius 1 is 1.10 bits per heavy atom. The van der Waals surface area contributed by atoms with Crippen molar-refractivity contribution >= 4 is 17.8 Å². The van der Waals surface area contributed by atoms with Gasteiger partial charge in [0.2, 0.25) is 17.4 Å². The van der Waals surface area contributed by atoms with Crippen molar-refractivity contribution in [3.63, 3.8) is 0 Å². The van der Waals surface area contributed by atoms with Crippen LogP contribution in [0.4, 0.5) is 0 Å². The second kappa shape index (κ2) is 16.9. The van der Waals surface area contributed by atoms with E-state index in [1.165, 1.54) is 19.1 Å². The SMILES string of the molecule is CO[C@@H](C[C@@H](C)[C@@H](O)/C=C/C=C/CNC(=O)C(C)(C)[C@H](O)\C(C)=C/C=C/C=C/C(C)=C(\C)N(O)O)[C@]1(O)[C@@H](C)C(=O)N(C)[C@]12C(=O)O[C@@H]2C. The molecule has 0 unspecified atom stereocenters. The quantitative estimate of drug-likeness (QED) is 0.0794. The Balaban J connectivity index is 1.94. The third kappa shape index (κ3) is 8.25. The second-order valence-electron chi connectivity index (χ2n) is 13.5. The summed E-state index contributed by atoms with van der Waals surface area (Å²) in [5.74, 6) is -2.79. The van der Waals surface area contributed by atoms with Crippen LogP contribution in [0, 0.1) is 17.3 Å². The predicted octanol–water partition coefficient (Wildman–Crippen LogP) is 2.96. The molecule has 0 aromatic rings. The van der Waals surface area contributed by atoms with Crippen LogP contribution in [0.25, 0.3) is 0 Å². The molecule has 2 rings (SSSR count). The number of methoxy groups -OCH3 is 1. The Kier molecular flexibility index (Phi) is 14.3. The van der Waals surface area contributed by atoms with Gasteiger partial charge < -0.3 is 35.0 Å². The molecule has 6 N–H and O–H groups in total. The van der Waals surface area contributed by atoms with Gasteiger partial charge in [0.1, 0.15) is 11.7 Å². The minimum absolute atomic E-state index is 0.0519. The molecule has 0 aromatic heterocycles. The van der Waals surface area contributed by atoms with Gasteiger partial charge in [0.15, 0.2) is 0 Å². The van der Waals surface area contributed by atoms with Gasteiger partial charge in [-0.25, -0.2) is 4.79 Å². The molecule has 49 heavy (non-hydrogen) atoms. The van der Waals surface area contributed by atoms with Crippen LogP contribution in [0.5, 0.6) is 0 Å². The number of nitrogens with one attached hydrogen (secondary N) is 1. The largest absolute Gasteiger partial charge is 0.457 e. The summed E-state index contributed by atoms with van der Waals surface area (Å²) in [6.07, 6.45) is 11.5. The maximum atomic E-state index is 12.9. The van der Waals surface area contributed by atoms with Crippen molar-refractivity contribution in [1.82, 2.24) is 15.4 Å². The Bertz CT molecular complexity index is 1400. The van der Waals surface area contributed by atoms with Crippen LogP contribution < -0.4 is 5.32 Å². The highest BCUT2D eigenvalue weighted by atomic mass is 16.8. The Morgan fingerprint density at radius 2 is 1.73 bits per heavy atom. The summed E-state index contributed by atoms with van der Waals surface area (Å²) in [7, 11) is 2.88. The van der Waals surface area contributed by atoms with Crippen molar-refractivity contribution in [2.45, 2.75) is 97.4 Å². The molecule has 274 valence electrons. The molecule has 2 amide bonds. The van der Waals surface area contributed by atoms with Crippen molar-refractivity contribution < 1.29 is 49.6 Å². The average molecular weight is 690 g/mol. The van der Waals surface area contributed by atoms with E-state index >= 15 is 0 Å². The molecular formula is C36H55N3O10. The van der Waals surface area contributed by atoms with Crippen LogP contribution >= 0.6 is 0 Å². The van der Waals surface area contributed by atoms with Crippen LogP contribution in [0.15, 0.2) is 71.5 Å². The van der Waals surface area contributed by atoms with E-state index in [1.807, 2.05) is 0 Å². The molecule has 0 aromatic carbocycles. The molecule has 2 fully saturated rings. The second-order valence-corrected chi connectivity index (χ2v) is 13.5. The number of esters is 1. The zero-order valence-corrected chi connectivity index (χ0v) is 30.2. The molecule has 13 heteroatoms. The fourth-order valence-electron chi connectivity index (χ4n) is 6.48. The number of likely N-dealkylation sites (tertiary alicyclic amines) is 1. The summed E-state index contributed by atoms with van der Waals surface area (Å²) in [5.41, 5.74) is -3.08. The summed E-state index contributed by atoms with van der Waals surface area (Å²) < 4.78 is 10.9. The van der Waals surface area contributed by atoms with E-state index < -0.39 is 58.8 Å². The molecular weight excluding hydrogens is 634 g/mol. The summed E-state index contributed by atoms with van der Waals surface area (Å²) in [6, 6.07) is 0. The number of likely N-dealkylation sites (N-methyl/N-ethyl adjacent to an activating group) is 1. The first-order chi connectivity index (χ1) is 22.7. The van der Waals surface area contributed by atoms with Gasteiger partial charge in [0, 0.05) is 20.7 Å². The lowest BCUT2D eigenvalue weighted by Crippen LogP contribution is -2.80. The number of ether oxygens (including phenoxy) is 2. The first-order valence-electron chi connectivity index (χ1n) is 16.3. The molecule has 13 nitrogen and oxygen atoms in total. The standard InChI is InChI=1S/C36H55N3O10/c1-22(26(5)39(46)47)17-13-11-14-18-23(2)30(41)34(7,8)32(43)37-20-16-12-15-19-28(40)24(3)21-29(48-10)36(45)25(4)31(42)38(9)35(36)27(6)49-33(35)44/h11-19,24-25,27-30,40-41,45-47H,20-21H2,1-10H3,(H,37,43)/b14-11+,16-12+,17-13+,19-15+,23-18-,26-22+/t24-,25+,27-,28+,29+,30-,35-,36-/m1/s1. The number of allylic oxidation sites excluding steroid dienone is 9. The molecule has 1 spiro atoms. The highest BCUT2D eigenvalue weighted by molar-refractivity contribution is 5.99. The van der Waals surface area contributed by atoms with Crippen LogP contribution in [0.3, 0.4) is 0 Å². The number of hydrogen-bond donors (Lipinski definition) is 6. The highest BCUT2D eigenvalue weighted by Gasteiger charge is 2.80. The summed E-state index contributed by atoms with van der Waals surface area (Å²) in [4.78, 5) is 39.8. The van der Waals surface area contributed by atoms with Gasteiger partial charge in [-0.15, -0.1) is 5.23 Å². The third-order valence-electron chi connectivity index (χ3n) is 10.1. The lowest BCUT2D eigenvalue weighted by molar-refractivity contribution is -0.278. The van der Waals surface area contributed by atoms with Gasteiger partial charge in [-0.3, -0.25) is 20.0 Å². The summed E-state index contributed by atoms with van der Waals surface area (Å²) in [5, 5.41) is 54.6. The number of carbonyl (C=O) groups is 3. The van der Waals surface area contributed by atoms with Gasteiger partial charge in [-0.05, 0) is 65.0 Å². The number of rotatable bonds is 16. The first kappa shape index (κ1) is 41.6. The van der Waals surface area contributed by atoms with Crippen LogP contribution in [-0.4, -0.2) is 110 Å². The van der Waals surface area contributed by atoms with Crippen molar-refractivity contribution in [2.75, 3.05) is 20.7 Å². The Labute approximate surface area is 289 Å². The first-order valence-corrected chi connectivity index (χ1v) is 16.3. The number of hydrogen-bond acceptors (Lipinski definition) is 11. The number of amides is 2. The molecule has 2 saturated heterocycles. The van der Waals surface area contributed by atoms with Crippen molar-refractivity contribution in [3.8, 4) is 0 Å². The predicted molar refractivity (Wildman–Crippen MR) is 183 cm³/mol. The van der Waals surface area contributed by atoms with Crippen molar-refractivity contribution in [3.05, 3.63) is 71.5 Å². The molecule has 2 heterocycles. The lowest BCUT2D eigenvalue weighted by atomic mass is 9.65. The average Bonchev–Trinajstić information content (AvgIpc) is 3.22. The maximum absolute atomic E-state index is 12.9. The molecule has 2 aliphatic rings. The fourth-order valence-corrected chi connectivity index (χ4v) is 6.48. The van der Waals surface area contributed by atoms with Crippen LogP contribution in [0.2, 0.25) is 0 Å². The number of nitrogens with zero attached hydrogens (tertiary/aromatic N) is 2. The Morgan fingerprint density at radius 3 is 2.29 bits per heavy atom. The zero-order chi connectivity index (χ0) is 37.5. The normalized spacial score (nSPS) is 28.0. The van der Waals surface area contributed by atoms with E-state index in [0.29, 0.717) is 11.1 Å². The highest BCUT2D eigenvalue weighted by Crippen LogP contribution is 2.54. The molecule has 8 atom stereocenters. The lowest BCUT2D eigenvalue weighted by Gasteiger charge is -2.55. The van der Waals surface area contributed by atoms with Crippen LogP contribution in [0.1, 0.15) is 61.8 Å². The Hall–Kier alpha value is -3.59. The molecule has 2 aliphatic heterocycles. The zero-order valence-electron chi connectivity index (χ0n) is 30.2. The van der Waals surface area contributed by atoms with E-state index in [-0.39, 0.29) is 35.7 Å². The summed E-state index contributed by atoms with van der Waals surface area (Å²) in [6.45, 7) is 13.4. The number of aliphatic hydroxyl groups excluding tert-OH is 2. The van der Waals surface area contributed by atoms with E-state index in [1.54, 1.807) is 110 Å². The van der Waals surface area contributed by atoms with Gasteiger partial charge in [0.25, 0.3) is 0 Å². The van der Waals surface area contributed by atoms with E-state index in [4.69, 9.17) is 19.9 Å². The number of carbonyl (C=O) groups excluding carboxylic acids is 3. The summed E-state index contributed by atoms with van der Waals surface area (Å²) >= 11 is 0. The molecule has 0 radical (unpaired) electrons. The molecule has 0 saturated carbocycles. The monoisotopic (exact) mass is 689 g/mol. The smallest absolute Gasteiger partial charge is 0.339 e. The maximum Gasteiger partial charge on any atom is 0.339 e. The number of hydroxylamine groups is 2. The van der Waals surface area contributed by atoms with Crippen LogP contribution in [-0.2, 0) is 23.9 Å². The van der Waals surface area contributed by atoms with E-state index in [9.17, 15) is 29.7 Å². The van der Waals surface area contributed by atoms with E-state index in [2.05, 4.69) is 5.32 Å². The molecule has 0 aliphatic carbocycles. The number of aliphatic hydroxyl groups is 3. The molecule has 0 bridgehead atoms.